The molecular formula is C13H17F2N3O2S. The summed E-state index contributed by atoms with van der Waals surface area (Å²) in [6.07, 6.45) is 0. The van der Waals surface area contributed by atoms with E-state index in [1.54, 1.807) is 0 Å². The van der Waals surface area contributed by atoms with Crippen LogP contribution in [0.25, 0.3) is 0 Å². The first kappa shape index (κ1) is 14.8. The molecule has 2 fully saturated rings. The molecule has 116 valence electrons. The minimum Gasteiger partial charge on any atom is -0.314 e. The SMILES string of the molecule is O=S(=O)(c1ccc(F)cc1F)N1CC(N2CCNCC2)C1. The largest absolute Gasteiger partial charge is 0.314 e. The highest BCUT2D eigenvalue weighted by molar-refractivity contribution is 7.89. The lowest BCUT2D eigenvalue weighted by Crippen LogP contribution is -2.63. The van der Waals surface area contributed by atoms with Gasteiger partial charge in [-0.3, -0.25) is 4.90 Å². The summed E-state index contributed by atoms with van der Waals surface area (Å²) in [4.78, 5) is 1.78. The molecule has 21 heavy (non-hydrogen) atoms. The van der Waals surface area contributed by atoms with E-state index >= 15 is 0 Å². The number of nitrogens with zero attached hydrogens (tertiary/aromatic N) is 2. The zero-order valence-corrected chi connectivity index (χ0v) is 12.2. The van der Waals surface area contributed by atoms with E-state index in [1.807, 2.05) is 0 Å². The van der Waals surface area contributed by atoms with Gasteiger partial charge >= 0.3 is 0 Å². The minimum atomic E-state index is -3.87. The van der Waals surface area contributed by atoms with Gasteiger partial charge in [0.05, 0.1) is 0 Å². The second-order valence-corrected chi connectivity index (χ2v) is 7.24. The van der Waals surface area contributed by atoms with Crippen LogP contribution in [-0.2, 0) is 10.0 Å². The number of nitrogens with one attached hydrogen (secondary N) is 1. The number of benzene rings is 1. The van der Waals surface area contributed by atoms with E-state index in [4.69, 9.17) is 0 Å². The molecule has 0 unspecified atom stereocenters. The summed E-state index contributed by atoms with van der Waals surface area (Å²) >= 11 is 0. The number of sulfonamides is 1. The Hall–Kier alpha value is -1.09. The molecule has 2 saturated heterocycles. The molecule has 8 heteroatoms. The fraction of sp³-hybridized carbons (Fsp3) is 0.538. The van der Waals surface area contributed by atoms with E-state index in [1.165, 1.54) is 4.31 Å². The summed E-state index contributed by atoms with van der Waals surface area (Å²) in [5.74, 6) is -1.82. The topological polar surface area (TPSA) is 52.7 Å². The Labute approximate surface area is 122 Å². The van der Waals surface area contributed by atoms with Gasteiger partial charge in [0.2, 0.25) is 10.0 Å². The summed E-state index contributed by atoms with van der Waals surface area (Å²) in [5.41, 5.74) is 0. The Morgan fingerprint density at radius 2 is 1.81 bits per heavy atom. The molecule has 2 aliphatic rings. The summed E-state index contributed by atoms with van der Waals surface area (Å²) in [6.45, 7) is 4.30. The first-order valence-electron chi connectivity index (χ1n) is 6.88. The van der Waals surface area contributed by atoms with E-state index in [0.29, 0.717) is 19.2 Å². The Morgan fingerprint density at radius 1 is 1.14 bits per heavy atom. The van der Waals surface area contributed by atoms with Crippen LogP contribution in [0.5, 0.6) is 0 Å². The first-order chi connectivity index (χ1) is 9.98. The average molecular weight is 317 g/mol. The third-order valence-corrected chi connectivity index (χ3v) is 5.87. The van der Waals surface area contributed by atoms with Gasteiger partial charge in [-0.05, 0) is 12.1 Å². The van der Waals surface area contributed by atoms with Gasteiger partial charge in [-0.2, -0.15) is 4.31 Å². The summed E-state index contributed by atoms with van der Waals surface area (Å²) in [7, 11) is -3.87. The van der Waals surface area contributed by atoms with Crippen molar-refractivity contribution in [1.82, 2.24) is 14.5 Å². The predicted octanol–water partition coefficient (Wildman–Crippen LogP) is 0.243. The zero-order valence-electron chi connectivity index (χ0n) is 11.4. The lowest BCUT2D eigenvalue weighted by molar-refractivity contribution is 0.0772. The quantitative estimate of drug-likeness (QED) is 0.868. The van der Waals surface area contributed by atoms with Crippen molar-refractivity contribution < 1.29 is 17.2 Å². The van der Waals surface area contributed by atoms with Crippen molar-refractivity contribution in [2.24, 2.45) is 0 Å². The van der Waals surface area contributed by atoms with Crippen molar-refractivity contribution in [3.8, 4) is 0 Å². The third kappa shape index (κ3) is 2.80. The zero-order chi connectivity index (χ0) is 15.0. The van der Waals surface area contributed by atoms with Crippen LogP contribution in [0, 0.1) is 11.6 Å². The van der Waals surface area contributed by atoms with Crippen molar-refractivity contribution >= 4 is 10.0 Å². The standard InChI is InChI=1S/C13H17F2N3O2S/c14-10-1-2-13(12(15)7-10)21(19,20)18-8-11(9-18)17-5-3-16-4-6-17/h1-2,7,11,16H,3-6,8-9H2. The monoisotopic (exact) mass is 317 g/mol. The van der Waals surface area contributed by atoms with Crippen LogP contribution < -0.4 is 5.32 Å². The van der Waals surface area contributed by atoms with Gasteiger partial charge in [0, 0.05) is 51.4 Å². The molecular weight excluding hydrogens is 300 g/mol. The molecule has 1 N–H and O–H groups in total. The maximum atomic E-state index is 13.7. The Morgan fingerprint density at radius 3 is 2.43 bits per heavy atom. The van der Waals surface area contributed by atoms with Gasteiger partial charge in [0.25, 0.3) is 0 Å². The first-order valence-corrected chi connectivity index (χ1v) is 8.32. The van der Waals surface area contributed by atoms with E-state index in [-0.39, 0.29) is 6.04 Å². The van der Waals surface area contributed by atoms with Crippen molar-refractivity contribution in [2.75, 3.05) is 39.3 Å². The van der Waals surface area contributed by atoms with Crippen LogP contribution in [0.4, 0.5) is 8.78 Å². The molecule has 3 rings (SSSR count). The highest BCUT2D eigenvalue weighted by Gasteiger charge is 2.40. The van der Waals surface area contributed by atoms with Gasteiger partial charge in [-0.15, -0.1) is 0 Å². The third-order valence-electron chi connectivity index (χ3n) is 4.01. The van der Waals surface area contributed by atoms with Crippen LogP contribution in [0.1, 0.15) is 0 Å². The molecule has 0 amide bonds. The summed E-state index contributed by atoms with van der Waals surface area (Å²) in [5, 5.41) is 3.24. The maximum Gasteiger partial charge on any atom is 0.246 e. The van der Waals surface area contributed by atoms with Gasteiger partial charge < -0.3 is 5.32 Å². The molecule has 0 saturated carbocycles. The lowest BCUT2D eigenvalue weighted by atomic mass is 10.1. The number of halogens is 2. The molecule has 5 nitrogen and oxygen atoms in total. The van der Waals surface area contributed by atoms with Crippen LogP contribution in [-0.4, -0.2) is 62.9 Å². The van der Waals surface area contributed by atoms with Crippen LogP contribution in [0.3, 0.4) is 0 Å². The fourth-order valence-corrected chi connectivity index (χ4v) is 4.27. The van der Waals surface area contributed by atoms with Crippen LogP contribution in [0.15, 0.2) is 23.1 Å². The van der Waals surface area contributed by atoms with Crippen molar-refractivity contribution in [3.05, 3.63) is 29.8 Å². The molecule has 1 aromatic carbocycles. The summed E-state index contributed by atoms with van der Waals surface area (Å²) in [6, 6.07) is 2.73. The van der Waals surface area contributed by atoms with E-state index in [9.17, 15) is 17.2 Å². The fourth-order valence-electron chi connectivity index (χ4n) is 2.71. The van der Waals surface area contributed by atoms with Gasteiger partial charge in [0.15, 0.2) is 0 Å². The normalized spacial score (nSPS) is 22.2. The molecule has 1 aromatic rings. The Balaban J connectivity index is 1.70. The highest BCUT2D eigenvalue weighted by Crippen LogP contribution is 2.26. The number of piperazine rings is 1. The maximum absolute atomic E-state index is 13.7. The molecule has 0 radical (unpaired) electrons. The second kappa shape index (κ2) is 5.60. The number of rotatable bonds is 3. The average Bonchev–Trinajstić information content (AvgIpc) is 2.37. The lowest BCUT2D eigenvalue weighted by Gasteiger charge is -2.45. The molecule has 0 aromatic heterocycles. The Bertz CT molecular complexity index is 626. The summed E-state index contributed by atoms with van der Waals surface area (Å²) < 4.78 is 52.4. The Kier molecular flexibility index (Phi) is 3.96. The molecule has 2 aliphatic heterocycles. The van der Waals surface area contributed by atoms with Gasteiger partial charge in [0.1, 0.15) is 16.5 Å². The molecule has 0 aliphatic carbocycles. The van der Waals surface area contributed by atoms with Gasteiger partial charge in [-0.25, -0.2) is 17.2 Å². The van der Waals surface area contributed by atoms with E-state index < -0.39 is 26.6 Å². The van der Waals surface area contributed by atoms with Crippen molar-refractivity contribution in [3.63, 3.8) is 0 Å². The highest BCUT2D eigenvalue weighted by atomic mass is 32.2. The smallest absolute Gasteiger partial charge is 0.246 e. The second-order valence-electron chi connectivity index (χ2n) is 5.34. The molecule has 0 bridgehead atoms. The molecule has 0 atom stereocenters. The van der Waals surface area contributed by atoms with Crippen LogP contribution in [0.2, 0.25) is 0 Å². The molecule has 0 spiro atoms. The number of hydrogen-bond donors (Lipinski definition) is 1. The van der Waals surface area contributed by atoms with Crippen molar-refractivity contribution in [2.45, 2.75) is 10.9 Å². The van der Waals surface area contributed by atoms with Crippen molar-refractivity contribution in [1.29, 1.82) is 0 Å². The van der Waals surface area contributed by atoms with E-state index in [2.05, 4.69) is 10.2 Å². The van der Waals surface area contributed by atoms with Gasteiger partial charge in [-0.1, -0.05) is 0 Å². The van der Waals surface area contributed by atoms with Crippen LogP contribution >= 0.6 is 0 Å². The number of hydrogen-bond acceptors (Lipinski definition) is 4. The van der Waals surface area contributed by atoms with E-state index in [0.717, 1.165) is 38.3 Å². The predicted molar refractivity (Wildman–Crippen MR) is 73.3 cm³/mol. The molecule has 2 heterocycles. The minimum absolute atomic E-state index is 0.186.